The molecule has 2 heterocycles. The zero-order chi connectivity index (χ0) is 20.8. The van der Waals surface area contributed by atoms with Crippen LogP contribution < -0.4 is 10.6 Å². The van der Waals surface area contributed by atoms with Crippen LogP contribution in [-0.2, 0) is 4.79 Å². The van der Waals surface area contributed by atoms with Gasteiger partial charge in [-0.15, -0.1) is 0 Å². The fourth-order valence-electron chi connectivity index (χ4n) is 3.65. The summed E-state index contributed by atoms with van der Waals surface area (Å²) in [4.78, 5) is 19.1. The Morgan fingerprint density at radius 2 is 2.14 bits per heavy atom. The van der Waals surface area contributed by atoms with Crippen molar-refractivity contribution in [2.24, 2.45) is 11.0 Å². The van der Waals surface area contributed by atoms with Crippen LogP contribution in [0.15, 0.2) is 41.8 Å². The van der Waals surface area contributed by atoms with Gasteiger partial charge < -0.3 is 15.5 Å². The van der Waals surface area contributed by atoms with Crippen molar-refractivity contribution in [2.75, 3.05) is 32.0 Å². The molecule has 1 aromatic heterocycles. The third kappa shape index (κ3) is 5.35. The maximum atomic E-state index is 13.1. The van der Waals surface area contributed by atoms with Crippen LogP contribution in [0.4, 0.5) is 10.2 Å². The van der Waals surface area contributed by atoms with Crippen molar-refractivity contribution in [3.05, 3.63) is 42.2 Å². The van der Waals surface area contributed by atoms with E-state index in [4.69, 9.17) is 5.53 Å². The molecule has 1 amide bonds. The molecular formula is C21H27FN6O. The van der Waals surface area contributed by atoms with Crippen LogP contribution in [0.1, 0.15) is 25.3 Å². The highest BCUT2D eigenvalue weighted by molar-refractivity contribution is 5.94. The number of nitrogens with zero attached hydrogens (tertiary/aromatic N) is 3. The third-order valence-corrected chi connectivity index (χ3v) is 5.14. The molecule has 0 aliphatic carbocycles. The highest BCUT2D eigenvalue weighted by atomic mass is 19.1. The molecule has 1 fully saturated rings. The van der Waals surface area contributed by atoms with Crippen LogP contribution >= 0.6 is 0 Å². The second kappa shape index (κ2) is 9.56. The SMILES string of the molecule is CN/C=C(\N=N)c1ccc2cnc(NC(=O)C3CCN(CC(C)F)CC3)cc2c1. The number of anilines is 1. The largest absolute Gasteiger partial charge is 0.392 e. The van der Waals surface area contributed by atoms with Crippen molar-refractivity contribution in [3.63, 3.8) is 0 Å². The number of alkyl halides is 1. The number of fused-ring (bicyclic) bond motifs is 1. The summed E-state index contributed by atoms with van der Waals surface area (Å²) in [5.41, 5.74) is 8.66. The molecule has 7 nitrogen and oxygen atoms in total. The average Bonchev–Trinajstić information content (AvgIpc) is 2.71. The summed E-state index contributed by atoms with van der Waals surface area (Å²) in [6, 6.07) is 7.55. The molecule has 1 unspecified atom stereocenters. The first kappa shape index (κ1) is 20.9. The monoisotopic (exact) mass is 398 g/mol. The second-order valence-corrected chi connectivity index (χ2v) is 7.41. The molecule has 1 atom stereocenters. The van der Waals surface area contributed by atoms with Crippen LogP contribution in [0, 0.1) is 11.4 Å². The number of amides is 1. The lowest BCUT2D eigenvalue weighted by atomic mass is 9.95. The number of hydrogen-bond acceptors (Lipinski definition) is 6. The van der Waals surface area contributed by atoms with Gasteiger partial charge in [0, 0.05) is 42.9 Å². The van der Waals surface area contributed by atoms with Gasteiger partial charge in [-0.2, -0.15) is 5.11 Å². The van der Waals surface area contributed by atoms with Gasteiger partial charge in [0.25, 0.3) is 0 Å². The van der Waals surface area contributed by atoms with Crippen molar-refractivity contribution in [2.45, 2.75) is 25.9 Å². The van der Waals surface area contributed by atoms with E-state index in [1.54, 1.807) is 26.4 Å². The van der Waals surface area contributed by atoms with E-state index in [1.807, 2.05) is 24.3 Å². The zero-order valence-electron chi connectivity index (χ0n) is 16.8. The minimum atomic E-state index is -0.849. The van der Waals surface area contributed by atoms with Crippen LogP contribution in [-0.4, -0.2) is 48.6 Å². The highest BCUT2D eigenvalue weighted by Crippen LogP contribution is 2.24. The summed E-state index contributed by atoms with van der Waals surface area (Å²) >= 11 is 0. The summed E-state index contributed by atoms with van der Waals surface area (Å²) in [7, 11) is 1.76. The van der Waals surface area contributed by atoms with E-state index in [0.29, 0.717) is 18.1 Å². The standard InChI is InChI=1S/C21H27FN6O/c1-14(22)13-28-7-5-15(6-8-28)21(29)26-20-10-18-9-16(19(27-23)12-24-2)3-4-17(18)11-25-20/h3-4,9-12,14-15,23-24H,5-8,13H2,1-2H3,(H,25,26,29)/b19-12-,27-23?. The molecule has 0 saturated carbocycles. The minimum absolute atomic E-state index is 0.0436. The molecule has 1 saturated heterocycles. The predicted molar refractivity (Wildman–Crippen MR) is 112 cm³/mol. The Morgan fingerprint density at radius 1 is 1.38 bits per heavy atom. The van der Waals surface area contributed by atoms with Gasteiger partial charge in [-0.3, -0.25) is 4.79 Å². The highest BCUT2D eigenvalue weighted by Gasteiger charge is 2.25. The number of benzene rings is 1. The van der Waals surface area contributed by atoms with Crippen molar-refractivity contribution in [3.8, 4) is 0 Å². The molecule has 1 aromatic carbocycles. The first-order chi connectivity index (χ1) is 14.0. The summed E-state index contributed by atoms with van der Waals surface area (Å²) in [6.07, 6.45) is 3.98. The Morgan fingerprint density at radius 3 is 2.79 bits per heavy atom. The maximum Gasteiger partial charge on any atom is 0.228 e. The fraction of sp³-hybridized carbons (Fsp3) is 0.429. The molecule has 1 aliphatic rings. The van der Waals surface area contributed by atoms with Crippen LogP contribution in [0.3, 0.4) is 0 Å². The van der Waals surface area contributed by atoms with E-state index < -0.39 is 6.17 Å². The van der Waals surface area contributed by atoms with E-state index in [0.717, 1.165) is 42.3 Å². The first-order valence-corrected chi connectivity index (χ1v) is 9.82. The fourth-order valence-corrected chi connectivity index (χ4v) is 3.65. The lowest BCUT2D eigenvalue weighted by Gasteiger charge is -2.31. The van der Waals surface area contributed by atoms with Gasteiger partial charge in [0.05, 0.1) is 0 Å². The number of rotatable bonds is 7. The topological polar surface area (TPSA) is 93.5 Å². The number of likely N-dealkylation sites (tertiary alicyclic amines) is 1. The van der Waals surface area contributed by atoms with Crippen LogP contribution in [0.25, 0.3) is 16.5 Å². The quantitative estimate of drug-likeness (QED) is 0.619. The Hall–Kier alpha value is -2.87. The number of pyridine rings is 1. The van der Waals surface area contributed by atoms with Crippen molar-refractivity contribution >= 4 is 28.2 Å². The van der Waals surface area contributed by atoms with Crippen molar-refractivity contribution in [1.29, 1.82) is 5.53 Å². The molecule has 8 heteroatoms. The van der Waals surface area contributed by atoms with Gasteiger partial charge in [-0.25, -0.2) is 14.9 Å². The summed E-state index contributed by atoms with van der Waals surface area (Å²) < 4.78 is 13.1. The molecule has 2 aromatic rings. The Kier molecular flexibility index (Phi) is 6.87. The third-order valence-electron chi connectivity index (χ3n) is 5.14. The normalized spacial score (nSPS) is 17.1. The van der Waals surface area contributed by atoms with Crippen molar-refractivity contribution < 1.29 is 9.18 Å². The summed E-state index contributed by atoms with van der Waals surface area (Å²) in [6.45, 7) is 3.46. The van der Waals surface area contributed by atoms with E-state index >= 15 is 0 Å². The lowest BCUT2D eigenvalue weighted by molar-refractivity contribution is -0.121. The maximum absolute atomic E-state index is 13.1. The Balaban J connectivity index is 1.69. The average molecular weight is 398 g/mol. The number of aromatic nitrogens is 1. The van der Waals surface area contributed by atoms with Gasteiger partial charge in [-0.05, 0) is 50.4 Å². The minimum Gasteiger partial charge on any atom is -0.392 e. The molecule has 0 spiro atoms. The van der Waals surface area contributed by atoms with Gasteiger partial charge in [0.2, 0.25) is 5.91 Å². The summed E-state index contributed by atoms with van der Waals surface area (Å²) in [5, 5.41) is 11.2. The van der Waals surface area contributed by atoms with Gasteiger partial charge in [0.15, 0.2) is 0 Å². The number of carbonyl (C=O) groups is 1. The Bertz CT molecular complexity index is 905. The number of carbonyl (C=O) groups excluding carboxylic acids is 1. The Labute approximate surface area is 169 Å². The summed E-state index contributed by atoms with van der Waals surface area (Å²) in [5.74, 6) is 0.372. The smallest absolute Gasteiger partial charge is 0.228 e. The molecule has 1 aliphatic heterocycles. The van der Waals surface area contributed by atoms with Gasteiger partial charge >= 0.3 is 0 Å². The number of nitrogens with one attached hydrogen (secondary N) is 3. The van der Waals surface area contributed by atoms with E-state index in [9.17, 15) is 9.18 Å². The molecule has 3 N–H and O–H groups in total. The van der Waals surface area contributed by atoms with Gasteiger partial charge in [-0.1, -0.05) is 12.1 Å². The molecule has 29 heavy (non-hydrogen) atoms. The van der Waals surface area contributed by atoms with Gasteiger partial charge in [0.1, 0.15) is 17.7 Å². The van der Waals surface area contributed by atoms with E-state index in [-0.39, 0.29) is 11.8 Å². The number of piperidine rings is 1. The van der Waals surface area contributed by atoms with Crippen LogP contribution in [0.2, 0.25) is 0 Å². The number of hydrogen-bond donors (Lipinski definition) is 3. The zero-order valence-corrected chi connectivity index (χ0v) is 16.8. The molecule has 154 valence electrons. The van der Waals surface area contributed by atoms with Crippen molar-refractivity contribution in [1.82, 2.24) is 15.2 Å². The van der Waals surface area contributed by atoms with E-state index in [1.165, 1.54) is 0 Å². The first-order valence-electron chi connectivity index (χ1n) is 9.82. The molecule has 0 bridgehead atoms. The molecule has 3 rings (SSSR count). The predicted octanol–water partition coefficient (Wildman–Crippen LogP) is 3.79. The van der Waals surface area contributed by atoms with Crippen LogP contribution in [0.5, 0.6) is 0 Å². The molecular weight excluding hydrogens is 371 g/mol. The van der Waals surface area contributed by atoms with E-state index in [2.05, 4.69) is 25.6 Å². The second-order valence-electron chi connectivity index (χ2n) is 7.41. The molecule has 0 radical (unpaired) electrons. The number of halogens is 1. The lowest BCUT2D eigenvalue weighted by Crippen LogP contribution is -2.40.